The maximum Gasteiger partial charge on any atom is 0.220 e. The second kappa shape index (κ2) is 40.0. The number of aliphatic hydroxyl groups is 5. The zero-order valence-electron chi connectivity index (χ0n) is 39.2. The Balaban J connectivity index is 2.24. The predicted octanol–water partition coefficient (Wildman–Crippen LogP) is 12.2. The van der Waals surface area contributed by atoms with Crippen molar-refractivity contribution in [1.29, 1.82) is 0 Å². The molecule has 1 aliphatic carbocycles. The molecule has 0 bridgehead atoms. The zero-order chi connectivity index (χ0) is 43.2. The molecule has 0 saturated heterocycles. The van der Waals surface area contributed by atoms with Gasteiger partial charge in [-0.15, -0.1) is 0 Å². The summed E-state index contributed by atoms with van der Waals surface area (Å²) < 4.78 is 5.95. The smallest absolute Gasteiger partial charge is 0.220 e. The van der Waals surface area contributed by atoms with Crippen molar-refractivity contribution in [1.82, 2.24) is 5.32 Å². The van der Waals surface area contributed by atoms with Crippen LogP contribution in [0.5, 0.6) is 0 Å². The summed E-state index contributed by atoms with van der Waals surface area (Å²) in [5.74, 6) is -0.324. The largest absolute Gasteiger partial charge is 0.390 e. The molecule has 6 N–H and O–H groups in total. The van der Waals surface area contributed by atoms with E-state index in [4.69, 9.17) is 4.74 Å². The van der Waals surface area contributed by atoms with Gasteiger partial charge >= 0.3 is 0 Å². The highest BCUT2D eigenvalue weighted by atomic mass is 16.5. The van der Waals surface area contributed by atoms with Crippen LogP contribution in [0.1, 0.15) is 265 Å². The lowest BCUT2D eigenvalue weighted by atomic mass is 9.89. The van der Waals surface area contributed by atoms with Crippen LogP contribution < -0.4 is 5.32 Å². The highest BCUT2D eigenvalue weighted by molar-refractivity contribution is 5.76. The van der Waals surface area contributed by atoms with Crippen LogP contribution in [-0.2, 0) is 9.53 Å². The predicted molar refractivity (Wildman–Crippen MR) is 248 cm³/mol. The van der Waals surface area contributed by atoms with Crippen LogP contribution in [0.25, 0.3) is 0 Å². The van der Waals surface area contributed by atoms with Crippen LogP contribution in [-0.4, -0.2) is 80.7 Å². The second-order valence-corrected chi connectivity index (χ2v) is 19.0. The maximum atomic E-state index is 13.1. The topological polar surface area (TPSA) is 139 Å². The summed E-state index contributed by atoms with van der Waals surface area (Å²) in [6, 6.07) is -0.849. The van der Waals surface area contributed by atoms with E-state index in [-0.39, 0.29) is 18.4 Å². The highest BCUT2D eigenvalue weighted by Gasteiger charge is 2.38. The molecule has 1 fully saturated rings. The van der Waals surface area contributed by atoms with Gasteiger partial charge in [0, 0.05) is 6.42 Å². The van der Waals surface area contributed by atoms with Crippen molar-refractivity contribution >= 4 is 5.91 Å². The standard InChI is InChI=1S/C51H101NO7/c1-4-6-8-10-12-14-16-17-18-19-20-21-22-23-24-25-26-27-29-31-33-35-37-39-47(54)52-44(42-59-46-41-40-45(53)50(57)51(46)58)49(56)48(55)43(3)38-36-34-32-30-28-15-13-11-9-7-5-2/h43-46,48-51,53,55-58H,4-42H2,1-3H3,(H,52,54). The van der Waals surface area contributed by atoms with Gasteiger partial charge in [-0.25, -0.2) is 0 Å². The molecule has 0 aromatic rings. The molecule has 352 valence electrons. The van der Waals surface area contributed by atoms with Crippen molar-refractivity contribution in [3.8, 4) is 0 Å². The van der Waals surface area contributed by atoms with Crippen LogP contribution in [0.4, 0.5) is 0 Å². The van der Waals surface area contributed by atoms with E-state index < -0.39 is 42.7 Å². The third-order valence-corrected chi connectivity index (χ3v) is 13.3. The number of nitrogens with one attached hydrogen (secondary N) is 1. The van der Waals surface area contributed by atoms with Gasteiger partial charge in [0.1, 0.15) is 18.3 Å². The molecule has 0 spiro atoms. The van der Waals surface area contributed by atoms with Gasteiger partial charge in [0.25, 0.3) is 0 Å². The van der Waals surface area contributed by atoms with Crippen LogP contribution in [0.2, 0.25) is 0 Å². The lowest BCUT2D eigenvalue weighted by Crippen LogP contribution is -2.55. The van der Waals surface area contributed by atoms with Crippen molar-refractivity contribution in [2.75, 3.05) is 6.61 Å². The molecule has 1 aliphatic rings. The van der Waals surface area contributed by atoms with Gasteiger partial charge in [-0.3, -0.25) is 4.79 Å². The van der Waals surface area contributed by atoms with E-state index in [1.807, 2.05) is 6.92 Å². The first-order chi connectivity index (χ1) is 28.7. The van der Waals surface area contributed by atoms with Crippen molar-refractivity contribution < 1.29 is 35.1 Å². The molecule has 1 rings (SSSR count). The van der Waals surface area contributed by atoms with E-state index >= 15 is 0 Å². The Morgan fingerprint density at radius 1 is 0.508 bits per heavy atom. The molecule has 1 saturated carbocycles. The Kier molecular flexibility index (Phi) is 38.2. The van der Waals surface area contributed by atoms with Gasteiger partial charge in [0.2, 0.25) is 5.91 Å². The number of aliphatic hydroxyl groups excluding tert-OH is 5. The van der Waals surface area contributed by atoms with Crippen LogP contribution in [0.3, 0.4) is 0 Å². The Bertz CT molecular complexity index is 907. The number of hydrogen-bond acceptors (Lipinski definition) is 7. The third-order valence-electron chi connectivity index (χ3n) is 13.3. The first kappa shape index (κ1) is 56.2. The average molecular weight is 840 g/mol. The Morgan fingerprint density at radius 2 is 0.864 bits per heavy atom. The number of carbonyl (C=O) groups excluding carboxylic acids is 1. The fraction of sp³-hybridized carbons (Fsp3) is 0.980. The van der Waals surface area contributed by atoms with Crippen molar-refractivity contribution in [2.45, 2.75) is 307 Å². The van der Waals surface area contributed by atoms with Crippen LogP contribution in [0, 0.1) is 5.92 Å². The van der Waals surface area contributed by atoms with E-state index in [2.05, 4.69) is 19.2 Å². The first-order valence-electron chi connectivity index (χ1n) is 26.0. The molecule has 0 aliphatic heterocycles. The molecule has 0 aromatic heterocycles. The Morgan fingerprint density at radius 3 is 1.25 bits per heavy atom. The molecule has 0 radical (unpaired) electrons. The fourth-order valence-electron chi connectivity index (χ4n) is 8.98. The SMILES string of the molecule is CCCCCCCCCCCCCCCCCCCCCCCCCC(=O)NC(COC1CCC(O)C(O)C1O)C(O)C(O)C(C)CCCCCCCCCCCCC. The number of hydrogen-bond donors (Lipinski definition) is 6. The lowest BCUT2D eigenvalue weighted by Gasteiger charge is -2.37. The number of amides is 1. The zero-order valence-corrected chi connectivity index (χ0v) is 39.2. The lowest BCUT2D eigenvalue weighted by molar-refractivity contribution is -0.160. The second-order valence-electron chi connectivity index (χ2n) is 19.0. The highest BCUT2D eigenvalue weighted by Crippen LogP contribution is 2.25. The number of rotatable bonds is 43. The summed E-state index contributed by atoms with van der Waals surface area (Å²) in [7, 11) is 0. The quantitative estimate of drug-likeness (QED) is 0.0336. The van der Waals surface area contributed by atoms with Crippen LogP contribution in [0.15, 0.2) is 0 Å². The normalized spacial score (nSPS) is 20.4. The molecule has 8 heteroatoms. The molecule has 8 unspecified atom stereocenters. The minimum absolute atomic E-state index is 0.0981. The van der Waals surface area contributed by atoms with Gasteiger partial charge in [-0.2, -0.15) is 0 Å². The number of ether oxygens (including phenoxy) is 1. The van der Waals surface area contributed by atoms with E-state index in [0.717, 1.165) is 38.5 Å². The summed E-state index contributed by atoms with van der Waals surface area (Å²) in [5, 5.41) is 56.0. The van der Waals surface area contributed by atoms with E-state index in [9.17, 15) is 30.3 Å². The summed E-state index contributed by atoms with van der Waals surface area (Å²) in [6.07, 6.45) is 39.6. The Hall–Kier alpha value is -0.770. The minimum atomic E-state index is -1.30. The van der Waals surface area contributed by atoms with Crippen molar-refractivity contribution in [2.24, 2.45) is 5.92 Å². The number of carbonyl (C=O) groups is 1. The maximum absolute atomic E-state index is 13.1. The van der Waals surface area contributed by atoms with E-state index in [1.54, 1.807) is 0 Å². The molecular formula is C51H101NO7. The van der Waals surface area contributed by atoms with Gasteiger partial charge in [-0.1, -0.05) is 233 Å². The number of unbranched alkanes of at least 4 members (excludes halogenated alkanes) is 32. The third kappa shape index (κ3) is 30.8. The van der Waals surface area contributed by atoms with Gasteiger partial charge in [-0.05, 0) is 31.6 Å². The van der Waals surface area contributed by atoms with Gasteiger partial charge < -0.3 is 35.6 Å². The summed E-state index contributed by atoms with van der Waals surface area (Å²) in [5.41, 5.74) is 0. The molecule has 8 nitrogen and oxygen atoms in total. The molecular weight excluding hydrogens is 739 g/mol. The summed E-state index contributed by atoms with van der Waals surface area (Å²) in [4.78, 5) is 13.1. The molecule has 0 heterocycles. The molecule has 1 amide bonds. The van der Waals surface area contributed by atoms with Crippen molar-refractivity contribution in [3.05, 3.63) is 0 Å². The van der Waals surface area contributed by atoms with Gasteiger partial charge in [0.05, 0.1) is 31.0 Å². The monoisotopic (exact) mass is 840 g/mol. The Labute approximate surface area is 365 Å². The minimum Gasteiger partial charge on any atom is -0.390 e. The molecule has 8 atom stereocenters. The molecule has 59 heavy (non-hydrogen) atoms. The van der Waals surface area contributed by atoms with Crippen molar-refractivity contribution in [3.63, 3.8) is 0 Å². The molecule has 0 aromatic carbocycles. The first-order valence-corrected chi connectivity index (χ1v) is 26.0. The van der Waals surface area contributed by atoms with E-state index in [1.165, 1.54) is 186 Å². The summed E-state index contributed by atoms with van der Waals surface area (Å²) in [6.45, 7) is 6.39. The fourth-order valence-corrected chi connectivity index (χ4v) is 8.98. The summed E-state index contributed by atoms with van der Waals surface area (Å²) >= 11 is 0. The van der Waals surface area contributed by atoms with E-state index in [0.29, 0.717) is 19.3 Å². The average Bonchev–Trinajstić information content (AvgIpc) is 3.23. The van der Waals surface area contributed by atoms with Gasteiger partial charge in [0.15, 0.2) is 0 Å². The van der Waals surface area contributed by atoms with Crippen LogP contribution >= 0.6 is 0 Å².